The number of aromatic nitrogens is 2. The summed E-state index contributed by atoms with van der Waals surface area (Å²) in [5.41, 5.74) is 4.77. The van der Waals surface area contributed by atoms with Gasteiger partial charge in [0.25, 0.3) is 0 Å². The van der Waals surface area contributed by atoms with Crippen LogP contribution in [0.1, 0.15) is 24.3 Å². The first-order valence-electron chi connectivity index (χ1n) is 8.40. The molecule has 3 nitrogen and oxygen atoms in total. The van der Waals surface area contributed by atoms with Crippen molar-refractivity contribution in [1.82, 2.24) is 14.9 Å². The van der Waals surface area contributed by atoms with Crippen LogP contribution < -0.4 is 5.32 Å². The minimum Gasteiger partial charge on any atom is -0.323 e. The zero-order chi connectivity index (χ0) is 16.4. The second kappa shape index (κ2) is 6.57. The third kappa shape index (κ3) is 2.97. The van der Waals surface area contributed by atoms with Crippen molar-refractivity contribution < 1.29 is 4.39 Å². The van der Waals surface area contributed by atoms with Crippen LogP contribution in [-0.4, -0.2) is 22.6 Å². The molecule has 1 saturated heterocycles. The van der Waals surface area contributed by atoms with Gasteiger partial charge < -0.3 is 9.88 Å². The number of piperidine rings is 1. The lowest BCUT2D eigenvalue weighted by Crippen LogP contribution is -2.26. The fourth-order valence-electron chi connectivity index (χ4n) is 3.46. The predicted octanol–water partition coefficient (Wildman–Crippen LogP) is 4.15. The summed E-state index contributed by atoms with van der Waals surface area (Å²) >= 11 is 0. The van der Waals surface area contributed by atoms with E-state index in [0.717, 1.165) is 31.6 Å². The molecule has 0 unspecified atom stereocenters. The maximum absolute atomic E-state index is 13.2. The number of rotatable bonds is 3. The normalized spacial score (nSPS) is 15.5. The fraction of sp³-hybridized carbons (Fsp3) is 0.250. The molecular formula is C20H20FN3. The van der Waals surface area contributed by atoms with E-state index in [1.165, 1.54) is 28.8 Å². The number of nitrogens with one attached hydrogen (secondary N) is 1. The molecule has 1 fully saturated rings. The highest BCUT2D eigenvalue weighted by Crippen LogP contribution is 2.35. The van der Waals surface area contributed by atoms with Crippen LogP contribution in [0.5, 0.6) is 0 Å². The molecule has 3 heterocycles. The summed E-state index contributed by atoms with van der Waals surface area (Å²) in [5.74, 6) is 0.343. The SMILES string of the molecule is Fc1ccc(-n2cc(-c3ccncc3)c(C3CCNCC3)c2)cc1. The molecule has 122 valence electrons. The lowest BCUT2D eigenvalue weighted by Gasteiger charge is -2.23. The highest BCUT2D eigenvalue weighted by atomic mass is 19.1. The van der Waals surface area contributed by atoms with E-state index < -0.39 is 0 Å². The molecule has 0 radical (unpaired) electrons. The molecule has 0 bridgehead atoms. The second-order valence-electron chi connectivity index (χ2n) is 6.27. The van der Waals surface area contributed by atoms with E-state index in [9.17, 15) is 4.39 Å². The molecule has 0 saturated carbocycles. The van der Waals surface area contributed by atoms with Gasteiger partial charge in [0.05, 0.1) is 0 Å². The van der Waals surface area contributed by atoms with Crippen LogP contribution in [0.15, 0.2) is 61.2 Å². The van der Waals surface area contributed by atoms with Crippen molar-refractivity contribution in [3.05, 3.63) is 72.6 Å². The summed E-state index contributed by atoms with van der Waals surface area (Å²) in [5, 5.41) is 3.43. The maximum atomic E-state index is 13.2. The Bertz CT molecular complexity index is 803. The van der Waals surface area contributed by atoms with Crippen LogP contribution in [0, 0.1) is 5.82 Å². The predicted molar refractivity (Wildman–Crippen MR) is 93.8 cm³/mol. The molecule has 4 rings (SSSR count). The molecule has 4 heteroatoms. The third-order valence-electron chi connectivity index (χ3n) is 4.75. The van der Waals surface area contributed by atoms with E-state index >= 15 is 0 Å². The van der Waals surface area contributed by atoms with Crippen molar-refractivity contribution in [2.24, 2.45) is 0 Å². The second-order valence-corrected chi connectivity index (χ2v) is 6.27. The Hall–Kier alpha value is -2.46. The van der Waals surface area contributed by atoms with Crippen molar-refractivity contribution in [3.63, 3.8) is 0 Å². The van der Waals surface area contributed by atoms with Crippen molar-refractivity contribution in [1.29, 1.82) is 0 Å². The van der Waals surface area contributed by atoms with Gasteiger partial charge >= 0.3 is 0 Å². The van der Waals surface area contributed by atoms with Gasteiger partial charge in [-0.1, -0.05) is 0 Å². The van der Waals surface area contributed by atoms with Crippen LogP contribution in [0.2, 0.25) is 0 Å². The summed E-state index contributed by atoms with van der Waals surface area (Å²) in [4.78, 5) is 4.13. The smallest absolute Gasteiger partial charge is 0.123 e. The molecule has 1 aromatic carbocycles. The molecule has 2 aromatic heterocycles. The fourth-order valence-corrected chi connectivity index (χ4v) is 3.46. The number of hydrogen-bond acceptors (Lipinski definition) is 2. The van der Waals surface area contributed by atoms with E-state index in [1.807, 2.05) is 24.5 Å². The first kappa shape index (κ1) is 15.1. The monoisotopic (exact) mass is 321 g/mol. The third-order valence-corrected chi connectivity index (χ3v) is 4.75. The largest absolute Gasteiger partial charge is 0.323 e. The Morgan fingerprint density at radius 2 is 1.67 bits per heavy atom. The summed E-state index contributed by atoms with van der Waals surface area (Å²) in [6, 6.07) is 10.7. The molecule has 1 N–H and O–H groups in total. The van der Waals surface area contributed by atoms with Crippen molar-refractivity contribution in [2.75, 3.05) is 13.1 Å². The van der Waals surface area contributed by atoms with E-state index in [4.69, 9.17) is 0 Å². The number of hydrogen-bond donors (Lipinski definition) is 1. The van der Waals surface area contributed by atoms with Crippen LogP contribution in [0.4, 0.5) is 4.39 Å². The summed E-state index contributed by atoms with van der Waals surface area (Å²) in [6.45, 7) is 2.12. The van der Waals surface area contributed by atoms with Crippen LogP contribution in [-0.2, 0) is 0 Å². The molecule has 1 aliphatic heterocycles. The first-order valence-corrected chi connectivity index (χ1v) is 8.40. The Balaban J connectivity index is 1.79. The molecule has 24 heavy (non-hydrogen) atoms. The number of halogens is 1. The zero-order valence-corrected chi connectivity index (χ0v) is 13.5. The molecule has 0 atom stereocenters. The lowest BCUT2D eigenvalue weighted by atomic mass is 9.88. The van der Waals surface area contributed by atoms with Crippen molar-refractivity contribution in [2.45, 2.75) is 18.8 Å². The van der Waals surface area contributed by atoms with Crippen molar-refractivity contribution >= 4 is 0 Å². The molecular weight excluding hydrogens is 301 g/mol. The van der Waals surface area contributed by atoms with E-state index in [0.29, 0.717) is 5.92 Å². The van der Waals surface area contributed by atoms with Crippen LogP contribution >= 0.6 is 0 Å². The minimum absolute atomic E-state index is 0.209. The van der Waals surface area contributed by atoms with Gasteiger partial charge in [-0.2, -0.15) is 0 Å². The lowest BCUT2D eigenvalue weighted by molar-refractivity contribution is 0.461. The van der Waals surface area contributed by atoms with E-state index in [1.54, 1.807) is 0 Å². The Labute approximate surface area is 141 Å². The summed E-state index contributed by atoms with van der Waals surface area (Å²) in [6.07, 6.45) is 10.3. The van der Waals surface area contributed by atoms with Gasteiger partial charge in [-0.05, 0) is 79.4 Å². The van der Waals surface area contributed by atoms with Gasteiger partial charge in [0.1, 0.15) is 5.82 Å². The highest BCUT2D eigenvalue weighted by molar-refractivity contribution is 5.68. The molecule has 0 spiro atoms. The topological polar surface area (TPSA) is 29.9 Å². The summed E-state index contributed by atoms with van der Waals surface area (Å²) < 4.78 is 15.3. The Morgan fingerprint density at radius 3 is 2.38 bits per heavy atom. The average Bonchev–Trinajstić information content (AvgIpc) is 3.09. The van der Waals surface area contributed by atoms with Gasteiger partial charge in [-0.15, -0.1) is 0 Å². The Kier molecular flexibility index (Phi) is 4.13. The molecule has 0 aliphatic carbocycles. The average molecular weight is 321 g/mol. The molecule has 1 aliphatic rings. The minimum atomic E-state index is -0.209. The van der Waals surface area contributed by atoms with Gasteiger partial charge in [-0.3, -0.25) is 4.98 Å². The molecule has 3 aromatic rings. The van der Waals surface area contributed by atoms with E-state index in [-0.39, 0.29) is 5.82 Å². The highest BCUT2D eigenvalue weighted by Gasteiger charge is 2.21. The van der Waals surface area contributed by atoms with Gasteiger partial charge in [0.2, 0.25) is 0 Å². The Morgan fingerprint density at radius 1 is 0.958 bits per heavy atom. The van der Waals surface area contributed by atoms with Crippen molar-refractivity contribution in [3.8, 4) is 16.8 Å². The maximum Gasteiger partial charge on any atom is 0.123 e. The van der Waals surface area contributed by atoms with Gasteiger partial charge in [-0.25, -0.2) is 4.39 Å². The van der Waals surface area contributed by atoms with Crippen LogP contribution in [0.3, 0.4) is 0 Å². The standard InChI is InChI=1S/C20H20FN3/c21-17-1-3-18(4-2-17)24-13-19(15-5-9-22-10-6-15)20(14-24)16-7-11-23-12-8-16/h1-6,9-10,13-14,16,23H,7-8,11-12H2. The number of nitrogens with zero attached hydrogens (tertiary/aromatic N) is 2. The number of benzene rings is 1. The molecule has 0 amide bonds. The van der Waals surface area contributed by atoms with E-state index in [2.05, 4.69) is 39.4 Å². The van der Waals surface area contributed by atoms with Gasteiger partial charge in [0, 0.05) is 36.0 Å². The first-order chi connectivity index (χ1) is 11.8. The quantitative estimate of drug-likeness (QED) is 0.785. The van der Waals surface area contributed by atoms with Gasteiger partial charge in [0.15, 0.2) is 0 Å². The zero-order valence-electron chi connectivity index (χ0n) is 13.5. The summed E-state index contributed by atoms with van der Waals surface area (Å²) in [7, 11) is 0. The van der Waals surface area contributed by atoms with Crippen LogP contribution in [0.25, 0.3) is 16.8 Å². The number of pyridine rings is 1.